The van der Waals surface area contributed by atoms with Crippen molar-refractivity contribution in [3.05, 3.63) is 0 Å². The highest BCUT2D eigenvalue weighted by molar-refractivity contribution is 8.00. The first kappa shape index (κ1) is 15.3. The SMILES string of the molecule is CCOC(=O)CCN(C)C(=O)CSC(C)C. The van der Waals surface area contributed by atoms with Crippen molar-refractivity contribution in [1.82, 2.24) is 4.90 Å². The maximum Gasteiger partial charge on any atom is 0.307 e. The Balaban J connectivity index is 3.74. The van der Waals surface area contributed by atoms with Crippen LogP contribution in [-0.2, 0) is 14.3 Å². The van der Waals surface area contributed by atoms with Gasteiger partial charge in [-0.2, -0.15) is 0 Å². The lowest BCUT2D eigenvalue weighted by Crippen LogP contribution is -2.31. The second kappa shape index (κ2) is 8.44. The van der Waals surface area contributed by atoms with E-state index < -0.39 is 0 Å². The molecule has 94 valence electrons. The van der Waals surface area contributed by atoms with Crippen molar-refractivity contribution in [2.24, 2.45) is 0 Å². The highest BCUT2D eigenvalue weighted by Gasteiger charge is 2.11. The van der Waals surface area contributed by atoms with Crippen molar-refractivity contribution in [3.63, 3.8) is 0 Å². The molecule has 0 aromatic rings. The molecule has 0 heterocycles. The summed E-state index contributed by atoms with van der Waals surface area (Å²) < 4.78 is 4.79. The lowest BCUT2D eigenvalue weighted by atomic mass is 10.4. The highest BCUT2D eigenvalue weighted by atomic mass is 32.2. The van der Waals surface area contributed by atoms with E-state index in [0.29, 0.717) is 24.2 Å². The van der Waals surface area contributed by atoms with Crippen LogP contribution >= 0.6 is 11.8 Å². The van der Waals surface area contributed by atoms with E-state index >= 15 is 0 Å². The first-order chi connectivity index (χ1) is 7.47. The smallest absolute Gasteiger partial charge is 0.307 e. The van der Waals surface area contributed by atoms with E-state index in [9.17, 15) is 9.59 Å². The number of rotatable bonds is 7. The Morgan fingerprint density at radius 2 is 2.00 bits per heavy atom. The Morgan fingerprint density at radius 1 is 1.38 bits per heavy atom. The third-order valence-corrected chi connectivity index (χ3v) is 3.00. The quantitative estimate of drug-likeness (QED) is 0.640. The fraction of sp³-hybridized carbons (Fsp3) is 0.818. The summed E-state index contributed by atoms with van der Waals surface area (Å²) in [5.74, 6) is 0.276. The zero-order valence-corrected chi connectivity index (χ0v) is 11.3. The molecule has 0 aliphatic rings. The molecule has 0 bridgehead atoms. The molecule has 0 fully saturated rings. The van der Waals surface area contributed by atoms with Crippen molar-refractivity contribution < 1.29 is 14.3 Å². The number of esters is 1. The standard InChI is InChI=1S/C11H21NO3S/c1-5-15-11(14)6-7-12(4)10(13)8-16-9(2)3/h9H,5-8H2,1-4H3. The minimum absolute atomic E-state index is 0.0583. The van der Waals surface area contributed by atoms with Crippen LogP contribution in [-0.4, -0.2) is 48.0 Å². The van der Waals surface area contributed by atoms with Gasteiger partial charge in [0.25, 0.3) is 0 Å². The fourth-order valence-corrected chi connectivity index (χ4v) is 1.66. The van der Waals surface area contributed by atoms with E-state index in [1.54, 1.807) is 30.6 Å². The van der Waals surface area contributed by atoms with Gasteiger partial charge in [0.2, 0.25) is 5.91 Å². The second-order valence-corrected chi connectivity index (χ2v) is 5.29. The molecule has 0 N–H and O–H groups in total. The Morgan fingerprint density at radius 3 is 2.50 bits per heavy atom. The van der Waals surface area contributed by atoms with Crippen molar-refractivity contribution in [1.29, 1.82) is 0 Å². The van der Waals surface area contributed by atoms with Crippen LogP contribution in [0.25, 0.3) is 0 Å². The molecule has 0 spiro atoms. The Bertz CT molecular complexity index is 231. The molecule has 5 heteroatoms. The monoisotopic (exact) mass is 247 g/mol. The summed E-state index contributed by atoms with van der Waals surface area (Å²) in [6, 6.07) is 0. The van der Waals surface area contributed by atoms with Crippen LogP contribution in [0.4, 0.5) is 0 Å². The average Bonchev–Trinajstić information content (AvgIpc) is 2.22. The number of hydrogen-bond acceptors (Lipinski definition) is 4. The fourth-order valence-electron chi connectivity index (χ4n) is 0.965. The maximum absolute atomic E-state index is 11.6. The van der Waals surface area contributed by atoms with E-state index in [2.05, 4.69) is 13.8 Å². The van der Waals surface area contributed by atoms with E-state index in [1.807, 2.05) is 0 Å². The van der Waals surface area contributed by atoms with Gasteiger partial charge >= 0.3 is 5.97 Å². The van der Waals surface area contributed by atoms with Crippen molar-refractivity contribution in [2.45, 2.75) is 32.4 Å². The number of amides is 1. The van der Waals surface area contributed by atoms with Crippen LogP contribution in [0.15, 0.2) is 0 Å². The zero-order valence-electron chi connectivity index (χ0n) is 10.5. The molecule has 16 heavy (non-hydrogen) atoms. The number of carbonyl (C=O) groups excluding carboxylic acids is 2. The van der Waals surface area contributed by atoms with E-state index in [4.69, 9.17) is 4.74 Å². The minimum Gasteiger partial charge on any atom is -0.466 e. The van der Waals surface area contributed by atoms with Gasteiger partial charge in [-0.15, -0.1) is 11.8 Å². The van der Waals surface area contributed by atoms with Crippen LogP contribution in [0.3, 0.4) is 0 Å². The number of ether oxygens (including phenoxy) is 1. The van der Waals surface area contributed by atoms with Gasteiger partial charge in [0, 0.05) is 13.6 Å². The highest BCUT2D eigenvalue weighted by Crippen LogP contribution is 2.09. The van der Waals surface area contributed by atoms with Crippen molar-refractivity contribution >= 4 is 23.6 Å². The lowest BCUT2D eigenvalue weighted by molar-refractivity contribution is -0.143. The second-order valence-electron chi connectivity index (χ2n) is 3.73. The van der Waals surface area contributed by atoms with Crippen LogP contribution in [0.1, 0.15) is 27.2 Å². The van der Waals surface area contributed by atoms with Gasteiger partial charge in [0.1, 0.15) is 0 Å². The minimum atomic E-state index is -0.251. The third-order valence-electron chi connectivity index (χ3n) is 1.92. The molecule has 0 unspecified atom stereocenters. The molecule has 0 saturated carbocycles. The molecule has 4 nitrogen and oxygen atoms in total. The maximum atomic E-state index is 11.6. The summed E-state index contributed by atoms with van der Waals surface area (Å²) in [7, 11) is 1.71. The zero-order chi connectivity index (χ0) is 12.6. The van der Waals surface area contributed by atoms with Crippen LogP contribution in [0, 0.1) is 0 Å². The average molecular weight is 247 g/mol. The Labute approximate surface area is 102 Å². The van der Waals surface area contributed by atoms with Crippen LogP contribution in [0.5, 0.6) is 0 Å². The van der Waals surface area contributed by atoms with E-state index in [1.165, 1.54) is 0 Å². The molecule has 1 amide bonds. The molecule has 0 radical (unpaired) electrons. The summed E-state index contributed by atoms with van der Waals surface area (Å²) in [6.07, 6.45) is 0.266. The van der Waals surface area contributed by atoms with Gasteiger partial charge in [0.05, 0.1) is 18.8 Å². The molecular weight excluding hydrogens is 226 g/mol. The first-order valence-electron chi connectivity index (χ1n) is 5.48. The normalized spacial score (nSPS) is 10.3. The Hall–Kier alpha value is -0.710. The topological polar surface area (TPSA) is 46.6 Å². The summed E-state index contributed by atoms with van der Waals surface area (Å²) in [6.45, 7) is 6.69. The number of thioether (sulfide) groups is 1. The molecule has 0 saturated heterocycles. The van der Waals surface area contributed by atoms with Crippen LogP contribution in [0.2, 0.25) is 0 Å². The number of nitrogens with zero attached hydrogens (tertiary/aromatic N) is 1. The van der Waals surface area contributed by atoms with E-state index in [-0.39, 0.29) is 18.3 Å². The van der Waals surface area contributed by atoms with Gasteiger partial charge in [0.15, 0.2) is 0 Å². The molecular formula is C11H21NO3S. The molecule has 0 aliphatic heterocycles. The molecule has 0 rings (SSSR count). The van der Waals surface area contributed by atoms with E-state index in [0.717, 1.165) is 0 Å². The summed E-state index contributed by atoms with van der Waals surface area (Å²) in [4.78, 5) is 24.2. The lowest BCUT2D eigenvalue weighted by Gasteiger charge is -2.16. The summed E-state index contributed by atoms with van der Waals surface area (Å²) in [5, 5.41) is 0.447. The third kappa shape index (κ3) is 7.56. The number of carbonyl (C=O) groups is 2. The summed E-state index contributed by atoms with van der Waals surface area (Å²) in [5.41, 5.74) is 0. The van der Waals surface area contributed by atoms with Gasteiger partial charge < -0.3 is 9.64 Å². The molecule has 0 aromatic carbocycles. The van der Waals surface area contributed by atoms with Gasteiger partial charge in [-0.25, -0.2) is 0 Å². The van der Waals surface area contributed by atoms with Crippen LogP contribution < -0.4 is 0 Å². The number of hydrogen-bond donors (Lipinski definition) is 0. The molecule has 0 aromatic heterocycles. The Kier molecular flexibility index (Phi) is 8.07. The van der Waals surface area contributed by atoms with Gasteiger partial charge in [-0.1, -0.05) is 13.8 Å². The van der Waals surface area contributed by atoms with Crippen molar-refractivity contribution in [3.8, 4) is 0 Å². The first-order valence-corrected chi connectivity index (χ1v) is 6.53. The largest absolute Gasteiger partial charge is 0.466 e. The molecule has 0 aliphatic carbocycles. The van der Waals surface area contributed by atoms with Gasteiger partial charge in [-0.05, 0) is 12.2 Å². The molecule has 0 atom stereocenters. The van der Waals surface area contributed by atoms with Gasteiger partial charge in [-0.3, -0.25) is 9.59 Å². The predicted molar refractivity (Wildman–Crippen MR) is 66.5 cm³/mol. The predicted octanol–water partition coefficient (Wildman–Crippen LogP) is 1.54. The summed E-state index contributed by atoms with van der Waals surface area (Å²) >= 11 is 1.60. The van der Waals surface area contributed by atoms with Crippen molar-refractivity contribution in [2.75, 3.05) is 26.0 Å².